The van der Waals surface area contributed by atoms with Crippen LogP contribution < -0.4 is 21.4 Å². The summed E-state index contributed by atoms with van der Waals surface area (Å²) in [7, 11) is 5.98. The van der Waals surface area contributed by atoms with Gasteiger partial charge in [-0.2, -0.15) is 5.26 Å². The lowest BCUT2D eigenvalue weighted by atomic mass is 9.91. The Kier molecular flexibility index (Phi) is 6.12. The fourth-order valence-electron chi connectivity index (χ4n) is 3.95. The van der Waals surface area contributed by atoms with Crippen LogP contribution in [0.5, 0.6) is 0 Å². The van der Waals surface area contributed by atoms with Crippen molar-refractivity contribution >= 4 is 36.6 Å². The molecule has 2 heterocycles. The van der Waals surface area contributed by atoms with E-state index in [-0.39, 0.29) is 0 Å². The van der Waals surface area contributed by atoms with Gasteiger partial charge in [-0.05, 0) is 68.5 Å². The molecule has 0 aromatic heterocycles. The van der Waals surface area contributed by atoms with Crippen LogP contribution in [0, 0.1) is 25.2 Å². The first-order valence-corrected chi connectivity index (χ1v) is 10.6. The normalized spacial score (nSPS) is 18.4. The van der Waals surface area contributed by atoms with Crippen LogP contribution in [-0.4, -0.2) is 44.0 Å². The average molecular weight is 411 g/mol. The lowest BCUT2D eigenvalue weighted by Gasteiger charge is -2.33. The van der Waals surface area contributed by atoms with Gasteiger partial charge in [-0.1, -0.05) is 17.6 Å². The number of anilines is 2. The molecule has 2 aromatic carbocycles. The Morgan fingerprint density at radius 3 is 2.39 bits per heavy atom. The molecule has 0 amide bonds. The van der Waals surface area contributed by atoms with Gasteiger partial charge in [0.05, 0.1) is 11.6 Å². The molecule has 0 saturated carbocycles. The van der Waals surface area contributed by atoms with Crippen molar-refractivity contribution in [3.05, 3.63) is 53.1 Å². The zero-order valence-corrected chi connectivity index (χ0v) is 17.9. The fourth-order valence-corrected chi connectivity index (χ4v) is 3.95. The predicted octanol–water partition coefficient (Wildman–Crippen LogP) is 2.58. The molecule has 1 fully saturated rings. The highest BCUT2D eigenvalue weighted by atomic mass is 15.4. The van der Waals surface area contributed by atoms with Crippen LogP contribution in [0.1, 0.15) is 36.0 Å². The van der Waals surface area contributed by atoms with Gasteiger partial charge in [0.2, 0.25) is 18.2 Å². The molecule has 1 saturated heterocycles. The summed E-state index contributed by atoms with van der Waals surface area (Å²) < 4.78 is 0. The second-order valence-corrected chi connectivity index (χ2v) is 7.96. The van der Waals surface area contributed by atoms with E-state index in [0.717, 1.165) is 59.9 Å². The quantitative estimate of drug-likeness (QED) is 0.676. The molecule has 156 valence electrons. The molecule has 0 bridgehead atoms. The Hall–Kier alpha value is -3.47. The zero-order chi connectivity index (χ0) is 21.8. The third kappa shape index (κ3) is 5.00. The van der Waals surface area contributed by atoms with Crippen LogP contribution in [0.3, 0.4) is 0 Å². The van der Waals surface area contributed by atoms with Crippen LogP contribution >= 0.6 is 0 Å². The topological polar surface area (TPSA) is 87.8 Å². The SMILES string of the molecule is [B]c1cc(C)c(NC2N=C(Nc3ccc(C#N)cc3)NC(N3CCCCC3)=N2)c(C)c1. The summed E-state index contributed by atoms with van der Waals surface area (Å²) in [6.45, 7) is 6.01. The number of aliphatic imine (C=N–C) groups is 2. The van der Waals surface area contributed by atoms with E-state index in [1.165, 1.54) is 6.42 Å². The van der Waals surface area contributed by atoms with Gasteiger partial charge >= 0.3 is 0 Å². The number of nitriles is 1. The first kappa shape index (κ1) is 20.8. The molecular formula is C23H26BN7. The van der Waals surface area contributed by atoms with E-state index >= 15 is 0 Å². The Morgan fingerprint density at radius 1 is 1.06 bits per heavy atom. The Bertz CT molecular complexity index is 1020. The largest absolute Gasteiger partial charge is 0.345 e. The molecule has 2 aromatic rings. The van der Waals surface area contributed by atoms with Crippen LogP contribution in [0.2, 0.25) is 0 Å². The number of benzene rings is 2. The van der Waals surface area contributed by atoms with Gasteiger partial charge in [-0.15, -0.1) is 0 Å². The van der Waals surface area contributed by atoms with Gasteiger partial charge in [-0.3, -0.25) is 5.32 Å². The highest BCUT2D eigenvalue weighted by Gasteiger charge is 2.23. The molecular weight excluding hydrogens is 385 g/mol. The van der Waals surface area contributed by atoms with Crippen LogP contribution in [0.15, 0.2) is 46.4 Å². The van der Waals surface area contributed by atoms with Crippen molar-refractivity contribution in [1.29, 1.82) is 5.26 Å². The molecule has 2 aliphatic rings. The smallest absolute Gasteiger partial charge is 0.221 e. The van der Waals surface area contributed by atoms with Gasteiger partial charge < -0.3 is 15.5 Å². The molecule has 0 spiro atoms. The Labute approximate surface area is 184 Å². The minimum absolute atomic E-state index is 0.472. The number of likely N-dealkylation sites (tertiary alicyclic amines) is 1. The summed E-state index contributed by atoms with van der Waals surface area (Å²) in [6, 6.07) is 13.3. The first-order chi connectivity index (χ1) is 15.0. The molecule has 0 aliphatic carbocycles. The van der Waals surface area contributed by atoms with Gasteiger partial charge in [-0.25, -0.2) is 9.98 Å². The number of piperidine rings is 1. The van der Waals surface area contributed by atoms with Gasteiger partial charge in [0.25, 0.3) is 0 Å². The van der Waals surface area contributed by atoms with Crippen molar-refractivity contribution in [1.82, 2.24) is 10.2 Å². The first-order valence-electron chi connectivity index (χ1n) is 10.6. The van der Waals surface area contributed by atoms with Crippen molar-refractivity contribution in [2.75, 3.05) is 23.7 Å². The van der Waals surface area contributed by atoms with Gasteiger partial charge in [0.15, 0.2) is 0 Å². The van der Waals surface area contributed by atoms with Gasteiger partial charge in [0.1, 0.15) is 7.85 Å². The van der Waals surface area contributed by atoms with Crippen molar-refractivity contribution < 1.29 is 0 Å². The highest BCUT2D eigenvalue weighted by Crippen LogP contribution is 2.21. The van der Waals surface area contributed by atoms with Crippen molar-refractivity contribution in [3.63, 3.8) is 0 Å². The number of rotatable bonds is 3. The number of nitrogens with one attached hydrogen (secondary N) is 3. The maximum absolute atomic E-state index is 9.02. The van der Waals surface area contributed by atoms with E-state index in [2.05, 4.69) is 26.9 Å². The van der Waals surface area contributed by atoms with E-state index in [4.69, 9.17) is 23.1 Å². The molecule has 2 aliphatic heterocycles. The lowest BCUT2D eigenvalue weighted by molar-refractivity contribution is 0.333. The van der Waals surface area contributed by atoms with E-state index in [9.17, 15) is 0 Å². The average Bonchev–Trinajstić information content (AvgIpc) is 2.77. The summed E-state index contributed by atoms with van der Waals surface area (Å²) in [5, 5.41) is 19.2. The maximum Gasteiger partial charge on any atom is 0.221 e. The lowest BCUT2D eigenvalue weighted by Crippen LogP contribution is -2.51. The van der Waals surface area contributed by atoms with Gasteiger partial charge in [0, 0.05) is 24.5 Å². The van der Waals surface area contributed by atoms with Crippen LogP contribution in [0.4, 0.5) is 11.4 Å². The number of aryl methyl sites for hydroxylation is 2. The van der Waals surface area contributed by atoms with E-state index in [1.54, 1.807) is 12.1 Å². The summed E-state index contributed by atoms with van der Waals surface area (Å²) in [4.78, 5) is 11.9. The summed E-state index contributed by atoms with van der Waals surface area (Å²) in [5.41, 5.74) is 5.32. The minimum atomic E-state index is -0.472. The van der Waals surface area contributed by atoms with Crippen LogP contribution in [-0.2, 0) is 0 Å². The second kappa shape index (κ2) is 9.13. The van der Waals surface area contributed by atoms with E-state index < -0.39 is 6.29 Å². The molecule has 31 heavy (non-hydrogen) atoms. The standard InChI is InChI=1S/C23H26BN7/c1-15-12-18(24)13-16(2)20(15)27-22-28-21(26-19-8-6-17(14-25)7-9-19)29-23(30-22)31-10-4-3-5-11-31/h6-9,12-13,22,27H,3-5,10-11H2,1-2H3,(H2,26,28,29,30). The summed E-state index contributed by atoms with van der Waals surface area (Å²) in [6.07, 6.45) is 3.09. The molecule has 2 radical (unpaired) electrons. The predicted molar refractivity (Wildman–Crippen MR) is 127 cm³/mol. The number of guanidine groups is 2. The van der Waals surface area contributed by atoms with Crippen LogP contribution in [0.25, 0.3) is 0 Å². The van der Waals surface area contributed by atoms with Crippen molar-refractivity contribution in [2.45, 2.75) is 39.4 Å². The maximum atomic E-state index is 9.02. The molecule has 8 heteroatoms. The van der Waals surface area contributed by atoms with E-state index in [1.807, 2.05) is 38.1 Å². The number of nitrogens with zero attached hydrogens (tertiary/aromatic N) is 4. The molecule has 3 N–H and O–H groups in total. The molecule has 4 rings (SSSR count). The third-order valence-electron chi connectivity index (χ3n) is 5.49. The highest BCUT2D eigenvalue weighted by molar-refractivity contribution is 6.32. The Morgan fingerprint density at radius 2 is 1.74 bits per heavy atom. The van der Waals surface area contributed by atoms with Crippen molar-refractivity contribution in [2.24, 2.45) is 9.98 Å². The zero-order valence-electron chi connectivity index (χ0n) is 17.9. The molecule has 7 nitrogen and oxygen atoms in total. The monoisotopic (exact) mass is 411 g/mol. The second-order valence-electron chi connectivity index (χ2n) is 7.96. The fraction of sp³-hybridized carbons (Fsp3) is 0.348. The minimum Gasteiger partial charge on any atom is -0.345 e. The summed E-state index contributed by atoms with van der Waals surface area (Å²) >= 11 is 0. The molecule has 1 unspecified atom stereocenters. The Balaban J connectivity index is 1.60. The third-order valence-corrected chi connectivity index (χ3v) is 5.49. The molecule has 1 atom stereocenters. The van der Waals surface area contributed by atoms with Crippen molar-refractivity contribution in [3.8, 4) is 6.07 Å². The van der Waals surface area contributed by atoms with E-state index in [0.29, 0.717) is 11.5 Å². The summed E-state index contributed by atoms with van der Waals surface area (Å²) in [5.74, 6) is 1.43. The number of hydrogen-bond donors (Lipinski definition) is 3. The number of hydrogen-bond acceptors (Lipinski definition) is 7.